The van der Waals surface area contributed by atoms with E-state index >= 15 is 0 Å². The van der Waals surface area contributed by atoms with Crippen LogP contribution in [0.5, 0.6) is 0 Å². The molecule has 1 aliphatic carbocycles. The monoisotopic (exact) mass is 286 g/mol. The summed E-state index contributed by atoms with van der Waals surface area (Å²) in [6, 6.07) is 7.55. The van der Waals surface area contributed by atoms with Gasteiger partial charge in [0.1, 0.15) is 6.10 Å². The lowest BCUT2D eigenvalue weighted by molar-refractivity contribution is -0.116. The first-order valence-corrected chi connectivity index (χ1v) is 7.24. The van der Waals surface area contributed by atoms with Crippen LogP contribution in [0.4, 0.5) is 10.5 Å². The number of ether oxygens (including phenoxy) is 1. The summed E-state index contributed by atoms with van der Waals surface area (Å²) >= 11 is 0. The summed E-state index contributed by atoms with van der Waals surface area (Å²) in [6.07, 6.45) is 4.93. The number of rotatable bonds is 2. The second-order valence-corrected chi connectivity index (χ2v) is 5.36. The van der Waals surface area contributed by atoms with Crippen LogP contribution in [0.3, 0.4) is 0 Å². The Kier molecular flexibility index (Phi) is 3.64. The number of benzene rings is 1. The van der Waals surface area contributed by atoms with Crippen molar-refractivity contribution in [1.82, 2.24) is 4.98 Å². The van der Waals surface area contributed by atoms with Gasteiger partial charge in [-0.25, -0.2) is 9.69 Å². The van der Waals surface area contributed by atoms with E-state index in [-0.39, 0.29) is 12.0 Å². The number of H-pyrrole nitrogens is 1. The van der Waals surface area contributed by atoms with E-state index in [1.807, 2.05) is 24.3 Å². The second kappa shape index (κ2) is 5.60. The third-order valence-electron chi connectivity index (χ3n) is 3.88. The van der Waals surface area contributed by atoms with Crippen LogP contribution in [0, 0.1) is 0 Å². The summed E-state index contributed by atoms with van der Waals surface area (Å²) in [5, 5.41) is 0.830. The molecule has 0 saturated heterocycles. The Morgan fingerprint density at radius 2 is 1.95 bits per heavy atom. The number of amides is 2. The van der Waals surface area contributed by atoms with E-state index in [1.54, 1.807) is 6.20 Å². The number of anilines is 1. The third-order valence-corrected chi connectivity index (χ3v) is 3.88. The Balaban J connectivity index is 1.90. The number of hydrogen-bond acceptors (Lipinski definition) is 3. The second-order valence-electron chi connectivity index (χ2n) is 5.36. The Hall–Kier alpha value is -2.30. The molecule has 1 fully saturated rings. The molecule has 2 amide bonds. The summed E-state index contributed by atoms with van der Waals surface area (Å²) in [5.41, 5.74) is 1.42. The molecule has 0 aliphatic heterocycles. The average Bonchev–Trinajstić information content (AvgIpc) is 3.09. The van der Waals surface area contributed by atoms with Gasteiger partial charge in [-0.2, -0.15) is 0 Å². The molecule has 0 bridgehead atoms. The minimum absolute atomic E-state index is 0.0652. The summed E-state index contributed by atoms with van der Waals surface area (Å²) < 4.78 is 5.46. The van der Waals surface area contributed by atoms with Crippen molar-refractivity contribution < 1.29 is 14.3 Å². The van der Waals surface area contributed by atoms with Crippen molar-refractivity contribution in [2.45, 2.75) is 38.7 Å². The number of imide groups is 1. The predicted molar refractivity (Wildman–Crippen MR) is 80.2 cm³/mol. The fourth-order valence-electron chi connectivity index (χ4n) is 2.84. The molecule has 1 N–H and O–H groups in total. The van der Waals surface area contributed by atoms with Crippen molar-refractivity contribution >= 4 is 28.6 Å². The van der Waals surface area contributed by atoms with Crippen molar-refractivity contribution in [2.24, 2.45) is 0 Å². The minimum atomic E-state index is -0.584. The van der Waals surface area contributed by atoms with E-state index in [9.17, 15) is 9.59 Å². The standard InChI is InChI=1S/C16H18N2O3/c1-11(19)18(16(20)21-12-6-2-3-7-12)15-10-17-14-9-5-4-8-13(14)15/h4-5,8-10,12,17H,2-3,6-7H2,1H3. The molecule has 1 heterocycles. The van der Waals surface area contributed by atoms with Crippen molar-refractivity contribution in [1.29, 1.82) is 0 Å². The Bertz CT molecular complexity index is 671. The fourth-order valence-corrected chi connectivity index (χ4v) is 2.84. The lowest BCUT2D eigenvalue weighted by atomic mass is 10.2. The smallest absolute Gasteiger partial charge is 0.421 e. The van der Waals surface area contributed by atoms with Crippen LogP contribution >= 0.6 is 0 Å². The number of nitrogens with zero attached hydrogens (tertiary/aromatic N) is 1. The zero-order valence-electron chi connectivity index (χ0n) is 12.0. The molecule has 1 aromatic heterocycles. The van der Waals surface area contributed by atoms with Crippen LogP contribution in [0.1, 0.15) is 32.6 Å². The van der Waals surface area contributed by atoms with Crippen molar-refractivity contribution in [3.8, 4) is 0 Å². The average molecular weight is 286 g/mol. The number of carbonyl (C=O) groups is 2. The number of nitrogens with one attached hydrogen (secondary N) is 1. The Labute approximate surface area is 122 Å². The number of hydrogen-bond donors (Lipinski definition) is 1. The van der Waals surface area contributed by atoms with Gasteiger partial charge in [0.15, 0.2) is 0 Å². The molecular weight excluding hydrogens is 268 g/mol. The van der Waals surface area contributed by atoms with Crippen molar-refractivity contribution in [3.63, 3.8) is 0 Å². The minimum Gasteiger partial charge on any atom is -0.446 e. The number of carbonyl (C=O) groups excluding carboxylic acids is 2. The summed E-state index contributed by atoms with van der Waals surface area (Å²) in [5.74, 6) is -0.345. The van der Waals surface area contributed by atoms with Gasteiger partial charge in [-0.3, -0.25) is 4.79 Å². The highest BCUT2D eigenvalue weighted by Crippen LogP contribution is 2.28. The number of fused-ring (bicyclic) bond motifs is 1. The molecule has 1 aliphatic rings. The summed E-state index contributed by atoms with van der Waals surface area (Å²) in [7, 11) is 0. The summed E-state index contributed by atoms with van der Waals surface area (Å²) in [4.78, 5) is 28.4. The molecule has 0 atom stereocenters. The fraction of sp³-hybridized carbons (Fsp3) is 0.375. The Morgan fingerprint density at radius 3 is 2.67 bits per heavy atom. The molecule has 5 nitrogen and oxygen atoms in total. The van der Waals surface area contributed by atoms with E-state index in [0.717, 1.165) is 41.5 Å². The maximum absolute atomic E-state index is 12.4. The first-order valence-electron chi connectivity index (χ1n) is 7.24. The lowest BCUT2D eigenvalue weighted by Gasteiger charge is -2.20. The maximum Gasteiger partial charge on any atom is 0.421 e. The van der Waals surface area contributed by atoms with Gasteiger partial charge in [-0.1, -0.05) is 18.2 Å². The summed E-state index contributed by atoms with van der Waals surface area (Å²) in [6.45, 7) is 1.37. The lowest BCUT2D eigenvalue weighted by Crippen LogP contribution is -2.37. The highest BCUT2D eigenvalue weighted by molar-refractivity contribution is 6.16. The van der Waals surface area contributed by atoms with Crippen LogP contribution in [0.2, 0.25) is 0 Å². The molecule has 2 aromatic rings. The first-order chi connectivity index (χ1) is 10.2. The van der Waals surface area contributed by atoms with Crippen molar-refractivity contribution in [2.75, 3.05) is 4.90 Å². The van der Waals surface area contributed by atoms with E-state index in [2.05, 4.69) is 4.98 Å². The molecule has 1 aromatic carbocycles. The zero-order chi connectivity index (χ0) is 14.8. The van der Waals surface area contributed by atoms with Gasteiger partial charge in [0.2, 0.25) is 5.91 Å². The van der Waals surface area contributed by atoms with Crippen LogP contribution in [-0.4, -0.2) is 23.1 Å². The largest absolute Gasteiger partial charge is 0.446 e. The van der Waals surface area contributed by atoms with Gasteiger partial charge in [-0.15, -0.1) is 0 Å². The predicted octanol–water partition coefficient (Wildman–Crippen LogP) is 3.60. The van der Waals surface area contributed by atoms with E-state index < -0.39 is 6.09 Å². The molecule has 1 saturated carbocycles. The third kappa shape index (κ3) is 2.63. The van der Waals surface area contributed by atoms with E-state index in [0.29, 0.717) is 5.69 Å². The Morgan fingerprint density at radius 1 is 1.24 bits per heavy atom. The normalized spacial score (nSPS) is 15.3. The van der Waals surface area contributed by atoms with Crippen molar-refractivity contribution in [3.05, 3.63) is 30.5 Å². The molecule has 110 valence electrons. The van der Waals surface area contributed by atoms with Gasteiger partial charge < -0.3 is 9.72 Å². The highest BCUT2D eigenvalue weighted by atomic mass is 16.6. The van der Waals surface area contributed by atoms with E-state index in [1.165, 1.54) is 6.92 Å². The van der Waals surface area contributed by atoms with Gasteiger partial charge in [0.25, 0.3) is 0 Å². The first kappa shape index (κ1) is 13.7. The highest BCUT2D eigenvalue weighted by Gasteiger charge is 2.28. The molecular formula is C16H18N2O3. The van der Waals surface area contributed by atoms with E-state index in [4.69, 9.17) is 4.74 Å². The molecule has 3 rings (SSSR count). The van der Waals surface area contributed by atoms with Crippen LogP contribution in [0.25, 0.3) is 10.9 Å². The molecule has 5 heteroatoms. The number of aromatic amines is 1. The van der Waals surface area contributed by atoms with Crippen LogP contribution in [0.15, 0.2) is 30.5 Å². The molecule has 0 spiro atoms. The number of para-hydroxylation sites is 1. The molecule has 21 heavy (non-hydrogen) atoms. The number of aromatic nitrogens is 1. The SMILES string of the molecule is CC(=O)N(C(=O)OC1CCCC1)c1c[nH]c2ccccc12. The van der Waals surface area contributed by atoms with Gasteiger partial charge in [0.05, 0.1) is 5.69 Å². The maximum atomic E-state index is 12.4. The molecule has 0 unspecified atom stereocenters. The van der Waals surface area contributed by atoms with Crippen LogP contribution < -0.4 is 4.90 Å². The van der Waals surface area contributed by atoms with Gasteiger partial charge in [0, 0.05) is 24.0 Å². The van der Waals surface area contributed by atoms with Gasteiger partial charge in [-0.05, 0) is 31.7 Å². The topological polar surface area (TPSA) is 62.4 Å². The molecule has 0 radical (unpaired) electrons. The van der Waals surface area contributed by atoms with Crippen LogP contribution in [-0.2, 0) is 9.53 Å². The van der Waals surface area contributed by atoms with Gasteiger partial charge >= 0.3 is 6.09 Å². The zero-order valence-corrected chi connectivity index (χ0v) is 12.0. The quantitative estimate of drug-likeness (QED) is 0.917.